The molecule has 6 nitrogen and oxygen atoms in total. The molecular formula is C21H18Cl2N2O4. The first kappa shape index (κ1) is 20.8. The molecule has 1 aromatic heterocycles. The van der Waals surface area contributed by atoms with Crippen molar-refractivity contribution in [3.8, 4) is 22.8 Å². The topological polar surface area (TPSA) is 73.1 Å². The minimum Gasteiger partial charge on any atom is -0.493 e. The lowest BCUT2D eigenvalue weighted by Crippen LogP contribution is -2.19. The van der Waals surface area contributed by atoms with E-state index in [1.165, 1.54) is 6.21 Å². The van der Waals surface area contributed by atoms with Gasteiger partial charge in [0.2, 0.25) is 5.91 Å². The maximum atomic E-state index is 12.1. The third kappa shape index (κ3) is 5.10. The molecule has 0 atom stereocenters. The average Bonchev–Trinajstić information content (AvgIpc) is 3.18. The molecule has 1 amide bonds. The van der Waals surface area contributed by atoms with Crippen LogP contribution in [0.3, 0.4) is 0 Å². The molecule has 150 valence electrons. The molecule has 0 saturated heterocycles. The van der Waals surface area contributed by atoms with Gasteiger partial charge in [0.25, 0.3) is 0 Å². The summed E-state index contributed by atoms with van der Waals surface area (Å²) in [6.07, 6.45) is 1.55. The smallest absolute Gasteiger partial charge is 0.244 e. The summed E-state index contributed by atoms with van der Waals surface area (Å²) in [6.45, 7) is 0. The fourth-order valence-corrected chi connectivity index (χ4v) is 3.04. The van der Waals surface area contributed by atoms with E-state index in [4.69, 9.17) is 37.1 Å². The Hall–Kier alpha value is -2.96. The van der Waals surface area contributed by atoms with E-state index in [2.05, 4.69) is 10.5 Å². The highest BCUT2D eigenvalue weighted by Crippen LogP contribution is 2.34. The summed E-state index contributed by atoms with van der Waals surface area (Å²) < 4.78 is 16.1. The third-order valence-electron chi connectivity index (χ3n) is 4.04. The zero-order valence-corrected chi connectivity index (χ0v) is 17.3. The van der Waals surface area contributed by atoms with Crippen LogP contribution in [0.2, 0.25) is 10.0 Å². The molecule has 0 radical (unpaired) electrons. The lowest BCUT2D eigenvalue weighted by Gasteiger charge is -2.09. The minimum absolute atomic E-state index is 0.138. The van der Waals surface area contributed by atoms with Crippen molar-refractivity contribution in [2.75, 3.05) is 14.2 Å². The Kier molecular flexibility index (Phi) is 6.80. The molecule has 3 aromatic rings. The van der Waals surface area contributed by atoms with Crippen LogP contribution in [0.1, 0.15) is 11.3 Å². The first-order valence-electron chi connectivity index (χ1n) is 8.59. The van der Waals surface area contributed by atoms with Gasteiger partial charge in [-0.3, -0.25) is 4.79 Å². The quantitative estimate of drug-likeness (QED) is 0.422. The summed E-state index contributed by atoms with van der Waals surface area (Å²) in [7, 11) is 3.10. The second-order valence-electron chi connectivity index (χ2n) is 5.96. The van der Waals surface area contributed by atoms with E-state index in [9.17, 15) is 4.79 Å². The minimum atomic E-state index is -0.280. The molecular weight excluding hydrogens is 415 g/mol. The molecule has 1 heterocycles. The zero-order valence-electron chi connectivity index (χ0n) is 15.7. The van der Waals surface area contributed by atoms with E-state index < -0.39 is 0 Å². The van der Waals surface area contributed by atoms with Crippen molar-refractivity contribution in [1.82, 2.24) is 5.43 Å². The summed E-state index contributed by atoms with van der Waals surface area (Å²) in [6, 6.07) is 14.0. The Morgan fingerprint density at radius 3 is 2.66 bits per heavy atom. The molecule has 0 fully saturated rings. The van der Waals surface area contributed by atoms with Crippen molar-refractivity contribution in [3.05, 3.63) is 69.9 Å². The average molecular weight is 433 g/mol. The van der Waals surface area contributed by atoms with E-state index in [0.29, 0.717) is 38.6 Å². The molecule has 0 saturated carbocycles. The Bertz CT molecular complexity index is 1050. The van der Waals surface area contributed by atoms with Crippen LogP contribution in [0.4, 0.5) is 0 Å². The SMILES string of the molecule is COc1ccc(CC(=O)N/N=C\c2ccc(-c3cccc(Cl)c3Cl)o2)cc1OC. The number of hydrazone groups is 1. The van der Waals surface area contributed by atoms with Crippen molar-refractivity contribution in [3.63, 3.8) is 0 Å². The van der Waals surface area contributed by atoms with Gasteiger partial charge < -0.3 is 13.9 Å². The maximum absolute atomic E-state index is 12.1. The van der Waals surface area contributed by atoms with E-state index >= 15 is 0 Å². The van der Waals surface area contributed by atoms with Crippen LogP contribution in [0.25, 0.3) is 11.3 Å². The molecule has 0 aliphatic heterocycles. The fourth-order valence-electron chi connectivity index (χ4n) is 2.64. The molecule has 0 spiro atoms. The predicted molar refractivity (Wildman–Crippen MR) is 113 cm³/mol. The molecule has 29 heavy (non-hydrogen) atoms. The number of methoxy groups -OCH3 is 2. The van der Waals surface area contributed by atoms with Gasteiger partial charge in [-0.25, -0.2) is 5.43 Å². The van der Waals surface area contributed by atoms with Crippen molar-refractivity contribution in [1.29, 1.82) is 0 Å². The number of hydrogen-bond donors (Lipinski definition) is 1. The maximum Gasteiger partial charge on any atom is 0.244 e. The number of nitrogens with zero attached hydrogens (tertiary/aromatic N) is 1. The Balaban J connectivity index is 1.61. The van der Waals surface area contributed by atoms with Gasteiger partial charge in [-0.2, -0.15) is 5.10 Å². The third-order valence-corrected chi connectivity index (χ3v) is 4.86. The van der Waals surface area contributed by atoms with Crippen molar-refractivity contribution >= 4 is 35.3 Å². The lowest BCUT2D eigenvalue weighted by atomic mass is 10.1. The second kappa shape index (κ2) is 9.49. The van der Waals surface area contributed by atoms with Gasteiger partial charge in [0.15, 0.2) is 11.5 Å². The fraction of sp³-hybridized carbons (Fsp3) is 0.143. The van der Waals surface area contributed by atoms with E-state index in [1.54, 1.807) is 62.8 Å². The van der Waals surface area contributed by atoms with Gasteiger partial charge >= 0.3 is 0 Å². The number of halogens is 2. The van der Waals surface area contributed by atoms with E-state index in [1.807, 2.05) is 0 Å². The lowest BCUT2D eigenvalue weighted by molar-refractivity contribution is -0.120. The van der Waals surface area contributed by atoms with Crippen LogP contribution in [0, 0.1) is 0 Å². The highest BCUT2D eigenvalue weighted by molar-refractivity contribution is 6.43. The summed E-state index contributed by atoms with van der Waals surface area (Å²) in [5, 5.41) is 4.78. The van der Waals surface area contributed by atoms with Gasteiger partial charge in [0.1, 0.15) is 11.5 Å². The molecule has 3 rings (SSSR count). The van der Waals surface area contributed by atoms with Gasteiger partial charge in [-0.05, 0) is 42.0 Å². The van der Waals surface area contributed by atoms with Crippen LogP contribution < -0.4 is 14.9 Å². The van der Waals surface area contributed by atoms with Crippen LogP contribution >= 0.6 is 23.2 Å². The first-order valence-corrected chi connectivity index (χ1v) is 9.34. The molecule has 0 aliphatic rings. The number of benzene rings is 2. The van der Waals surface area contributed by atoms with Crippen molar-refractivity contribution in [2.24, 2.45) is 5.10 Å². The summed E-state index contributed by atoms with van der Waals surface area (Å²) in [5.41, 5.74) is 3.91. The van der Waals surface area contributed by atoms with Crippen LogP contribution in [0.15, 0.2) is 58.0 Å². The Morgan fingerprint density at radius 1 is 1.10 bits per heavy atom. The van der Waals surface area contributed by atoms with Gasteiger partial charge in [0.05, 0.1) is 36.9 Å². The highest BCUT2D eigenvalue weighted by atomic mass is 35.5. The second-order valence-corrected chi connectivity index (χ2v) is 6.75. The standard InChI is InChI=1S/C21H18Cl2N2O4/c1-27-18-8-6-13(10-19(18)28-2)11-20(26)25-24-12-14-7-9-17(29-14)15-4-3-5-16(22)21(15)23/h3-10,12H,11H2,1-2H3,(H,25,26)/b24-12-. The number of furan rings is 1. The molecule has 8 heteroatoms. The molecule has 1 N–H and O–H groups in total. The van der Waals surface area contributed by atoms with Crippen LogP contribution in [0.5, 0.6) is 11.5 Å². The monoisotopic (exact) mass is 432 g/mol. The highest BCUT2D eigenvalue weighted by Gasteiger charge is 2.11. The Labute approximate surface area is 178 Å². The molecule has 2 aromatic carbocycles. The number of carbonyl (C=O) groups excluding carboxylic acids is 1. The summed E-state index contributed by atoms with van der Waals surface area (Å²) >= 11 is 12.2. The van der Waals surface area contributed by atoms with Crippen molar-refractivity contribution in [2.45, 2.75) is 6.42 Å². The van der Waals surface area contributed by atoms with Crippen molar-refractivity contribution < 1.29 is 18.7 Å². The Morgan fingerprint density at radius 2 is 1.90 bits per heavy atom. The van der Waals surface area contributed by atoms with Gasteiger partial charge in [-0.15, -0.1) is 0 Å². The molecule has 0 unspecified atom stereocenters. The number of carbonyl (C=O) groups is 1. The number of hydrogen-bond acceptors (Lipinski definition) is 5. The number of nitrogens with one attached hydrogen (secondary N) is 1. The van der Waals surface area contributed by atoms with E-state index in [-0.39, 0.29) is 12.3 Å². The van der Waals surface area contributed by atoms with Crippen LogP contribution in [-0.4, -0.2) is 26.3 Å². The van der Waals surface area contributed by atoms with Gasteiger partial charge in [0, 0.05) is 5.56 Å². The normalized spacial score (nSPS) is 10.9. The first-order chi connectivity index (χ1) is 14.0. The summed E-state index contributed by atoms with van der Waals surface area (Å²) in [4.78, 5) is 12.1. The van der Waals surface area contributed by atoms with Gasteiger partial charge in [-0.1, -0.05) is 35.3 Å². The zero-order chi connectivity index (χ0) is 20.8. The van der Waals surface area contributed by atoms with Crippen LogP contribution in [-0.2, 0) is 11.2 Å². The molecule has 0 aliphatic carbocycles. The molecule has 0 bridgehead atoms. The summed E-state index contributed by atoms with van der Waals surface area (Å²) in [5.74, 6) is 1.89. The largest absolute Gasteiger partial charge is 0.493 e. The number of rotatable bonds is 7. The number of ether oxygens (including phenoxy) is 2. The van der Waals surface area contributed by atoms with E-state index in [0.717, 1.165) is 5.56 Å². The number of amides is 1. The predicted octanol–water partition coefficient (Wildman–Crippen LogP) is 4.96.